The average molecular weight is 654 g/mol. The number of nitrogens with zero attached hydrogens (tertiary/aromatic N) is 1. The molecule has 3 rings (SSSR count). The number of carbonyl (C=O) groups excluding carboxylic acids is 3. The highest BCUT2D eigenvalue weighted by atomic mass is 35.5. The summed E-state index contributed by atoms with van der Waals surface area (Å²) in [6.07, 6.45) is -5.62. The van der Waals surface area contributed by atoms with E-state index in [2.05, 4.69) is 5.32 Å². The molecule has 0 saturated carbocycles. The van der Waals surface area contributed by atoms with Crippen molar-refractivity contribution in [3.05, 3.63) is 58.1 Å². The molecule has 0 aromatic heterocycles. The monoisotopic (exact) mass is 652 g/mol. The third-order valence-corrected chi connectivity index (χ3v) is 9.17. The van der Waals surface area contributed by atoms with Crippen LogP contribution in [0, 0.1) is 5.92 Å². The molecule has 2 aromatic carbocycles. The van der Waals surface area contributed by atoms with Gasteiger partial charge in [0.05, 0.1) is 24.2 Å². The number of rotatable bonds is 11. The van der Waals surface area contributed by atoms with E-state index in [1.807, 2.05) is 0 Å². The van der Waals surface area contributed by atoms with E-state index in [1.165, 1.54) is 39.2 Å². The van der Waals surface area contributed by atoms with Gasteiger partial charge in [-0.1, -0.05) is 49.2 Å². The lowest BCUT2D eigenvalue weighted by Gasteiger charge is -2.27. The first-order chi connectivity index (χ1) is 19.5. The van der Waals surface area contributed by atoms with E-state index < -0.39 is 82.2 Å². The predicted octanol–water partition coefficient (Wildman–Crippen LogP) is 4.24. The zero-order valence-corrected chi connectivity index (χ0v) is 25.1. The van der Waals surface area contributed by atoms with Crippen molar-refractivity contribution in [3.63, 3.8) is 0 Å². The number of nitrogens with one attached hydrogen (secondary N) is 1. The summed E-state index contributed by atoms with van der Waals surface area (Å²) in [6, 6.07) is 7.04. The van der Waals surface area contributed by atoms with E-state index in [0.717, 1.165) is 4.90 Å². The van der Waals surface area contributed by atoms with Crippen molar-refractivity contribution in [1.29, 1.82) is 0 Å². The Morgan fingerprint density at radius 2 is 1.64 bits per heavy atom. The third kappa shape index (κ3) is 8.51. The Morgan fingerprint density at radius 3 is 2.17 bits per heavy atom. The second-order valence-electron chi connectivity index (χ2n) is 10.1. The number of benzene rings is 2. The summed E-state index contributed by atoms with van der Waals surface area (Å²) < 4.78 is 76.8. The molecule has 9 nitrogen and oxygen atoms in total. The smallest absolute Gasteiger partial charge is 0.452 e. The lowest BCUT2D eigenvalue weighted by molar-refractivity contribution is -0.175. The Hall–Kier alpha value is -3.03. The lowest BCUT2D eigenvalue weighted by Crippen LogP contribution is -2.55. The fourth-order valence-corrected chi connectivity index (χ4v) is 6.72. The number of likely N-dealkylation sites (tertiary alicyclic amines) is 1. The minimum Gasteiger partial charge on any atom is -0.497 e. The highest BCUT2D eigenvalue weighted by Crippen LogP contribution is 2.29. The molecule has 3 atom stereocenters. The van der Waals surface area contributed by atoms with Crippen molar-refractivity contribution >= 4 is 50.6 Å². The molecule has 1 aliphatic heterocycles. The molecule has 2 aromatic rings. The van der Waals surface area contributed by atoms with Crippen molar-refractivity contribution in [2.24, 2.45) is 5.92 Å². The summed E-state index contributed by atoms with van der Waals surface area (Å²) in [4.78, 5) is 39.4. The molecule has 0 radical (unpaired) electrons. The summed E-state index contributed by atoms with van der Waals surface area (Å²) in [5.74, 6) is -4.79. The number of alkyl halides is 3. The van der Waals surface area contributed by atoms with E-state index in [1.54, 1.807) is 24.3 Å². The molecule has 0 aliphatic carbocycles. The zero-order valence-electron chi connectivity index (χ0n) is 22.8. The summed E-state index contributed by atoms with van der Waals surface area (Å²) >= 11 is 11.9. The maximum absolute atomic E-state index is 13.4. The van der Waals surface area contributed by atoms with Gasteiger partial charge < -0.3 is 19.7 Å². The molecule has 0 bridgehead atoms. The van der Waals surface area contributed by atoms with Gasteiger partial charge in [0.15, 0.2) is 16.4 Å². The number of halogens is 5. The molecule has 1 heterocycles. The SMILES string of the molecule is COc1ccc(CS(=O)(=O)[C@@H]2C[C@@H](C(=O)N[C@H](C(=O)C(F)(F)F)C(C)C)N(C(=O)COc3cc(Cl)cc(Cl)c3)C2)cc1. The molecule has 15 heteroatoms. The highest BCUT2D eigenvalue weighted by Gasteiger charge is 2.48. The van der Waals surface area contributed by atoms with Crippen molar-refractivity contribution in [2.45, 2.75) is 49.5 Å². The maximum atomic E-state index is 13.4. The van der Waals surface area contributed by atoms with E-state index in [9.17, 15) is 36.0 Å². The Balaban J connectivity index is 1.86. The Morgan fingerprint density at radius 1 is 1.05 bits per heavy atom. The van der Waals surface area contributed by atoms with E-state index in [4.69, 9.17) is 32.7 Å². The van der Waals surface area contributed by atoms with Crippen LogP contribution in [0.3, 0.4) is 0 Å². The predicted molar refractivity (Wildman–Crippen MR) is 149 cm³/mol. The number of sulfone groups is 1. The number of carbonyl (C=O) groups is 3. The highest BCUT2D eigenvalue weighted by molar-refractivity contribution is 7.91. The van der Waals surface area contributed by atoms with Crippen molar-refractivity contribution < 1.29 is 45.4 Å². The van der Waals surface area contributed by atoms with Crippen LogP contribution in [0.2, 0.25) is 10.0 Å². The van der Waals surface area contributed by atoms with Crippen LogP contribution in [0.25, 0.3) is 0 Å². The minimum atomic E-state index is -5.22. The van der Waals surface area contributed by atoms with Gasteiger partial charge in [0.25, 0.3) is 11.7 Å². The van der Waals surface area contributed by atoms with Gasteiger partial charge in [-0.05, 0) is 48.2 Å². The molecule has 2 amide bonds. The minimum absolute atomic E-state index is 0.125. The van der Waals surface area contributed by atoms with Crippen molar-refractivity contribution in [1.82, 2.24) is 10.2 Å². The van der Waals surface area contributed by atoms with Gasteiger partial charge in [0, 0.05) is 16.6 Å². The number of hydrogen-bond acceptors (Lipinski definition) is 7. The molecular weight excluding hydrogens is 624 g/mol. The normalized spacial score (nSPS) is 18.1. The van der Waals surface area contributed by atoms with Crippen LogP contribution in [0.5, 0.6) is 11.5 Å². The van der Waals surface area contributed by atoms with E-state index in [0.29, 0.717) is 11.3 Å². The van der Waals surface area contributed by atoms with E-state index >= 15 is 0 Å². The van der Waals surface area contributed by atoms with Gasteiger partial charge in [-0.3, -0.25) is 14.4 Å². The van der Waals surface area contributed by atoms with Crippen LogP contribution in [-0.2, 0) is 30.0 Å². The second-order valence-corrected chi connectivity index (χ2v) is 13.2. The van der Waals surface area contributed by atoms with Gasteiger partial charge in [-0.15, -0.1) is 0 Å². The van der Waals surface area contributed by atoms with Crippen LogP contribution in [0.1, 0.15) is 25.8 Å². The Bertz CT molecular complexity index is 1400. The van der Waals surface area contributed by atoms with Gasteiger partial charge in [-0.2, -0.15) is 13.2 Å². The molecule has 1 N–H and O–H groups in total. The number of ether oxygens (including phenoxy) is 2. The number of hydrogen-bond donors (Lipinski definition) is 1. The quantitative estimate of drug-likeness (QED) is 0.386. The summed E-state index contributed by atoms with van der Waals surface area (Å²) in [7, 11) is -2.51. The summed E-state index contributed by atoms with van der Waals surface area (Å²) in [5.41, 5.74) is 0.429. The number of ketones is 1. The number of Topliss-reactive ketones (excluding diaryl/α,β-unsaturated/α-hetero) is 1. The molecule has 0 spiro atoms. The zero-order chi connectivity index (χ0) is 31.4. The summed E-state index contributed by atoms with van der Waals surface area (Å²) in [6.45, 7) is 1.56. The molecule has 230 valence electrons. The largest absolute Gasteiger partial charge is 0.497 e. The first-order valence-corrected chi connectivity index (χ1v) is 15.1. The average Bonchev–Trinajstić information content (AvgIpc) is 3.36. The number of amides is 2. The number of methoxy groups -OCH3 is 1. The van der Waals surface area contributed by atoms with Crippen LogP contribution in [-0.4, -0.2) is 74.7 Å². The van der Waals surface area contributed by atoms with Gasteiger partial charge in [0.2, 0.25) is 5.91 Å². The molecule has 1 fully saturated rings. The molecule has 1 aliphatic rings. The fraction of sp³-hybridized carbons (Fsp3) is 0.444. The topological polar surface area (TPSA) is 119 Å². The first-order valence-electron chi connectivity index (χ1n) is 12.7. The Kier molecular flexibility index (Phi) is 10.8. The molecule has 42 heavy (non-hydrogen) atoms. The van der Waals surface area contributed by atoms with E-state index in [-0.39, 0.29) is 15.8 Å². The fourth-order valence-electron chi connectivity index (χ4n) is 4.45. The van der Waals surface area contributed by atoms with Crippen LogP contribution in [0.4, 0.5) is 13.2 Å². The van der Waals surface area contributed by atoms with Crippen LogP contribution < -0.4 is 14.8 Å². The third-order valence-electron chi connectivity index (χ3n) is 6.65. The van der Waals surface area contributed by atoms with Gasteiger partial charge in [0.1, 0.15) is 17.5 Å². The van der Waals surface area contributed by atoms with Crippen molar-refractivity contribution in [3.8, 4) is 11.5 Å². The lowest BCUT2D eigenvalue weighted by atomic mass is 9.98. The van der Waals surface area contributed by atoms with Gasteiger partial charge in [-0.25, -0.2) is 8.42 Å². The molecule has 0 unspecified atom stereocenters. The summed E-state index contributed by atoms with van der Waals surface area (Å²) in [5, 5.41) is 1.31. The molecular formula is C27H29Cl2F3N2O7S. The van der Waals surface area contributed by atoms with Crippen molar-refractivity contribution in [2.75, 3.05) is 20.3 Å². The van der Waals surface area contributed by atoms with Crippen LogP contribution in [0.15, 0.2) is 42.5 Å². The second kappa shape index (κ2) is 13.5. The Labute approximate surface area is 251 Å². The maximum Gasteiger partial charge on any atom is 0.452 e. The molecule has 1 saturated heterocycles. The van der Waals surface area contributed by atoms with Gasteiger partial charge >= 0.3 is 6.18 Å². The standard InChI is InChI=1S/C27H29Cl2F3N2O7S/c1-15(2)24(25(36)27(30,31)32)33-26(37)22-11-21(42(38,39)14-16-4-6-19(40-3)7-5-16)12-34(22)23(35)13-41-20-9-17(28)8-18(29)10-20/h4-10,15,21-22,24H,11-14H2,1-3H3,(H,33,37)/t21-,22+,24+/m1/s1. The van der Waals surface area contributed by atoms with Crippen LogP contribution >= 0.6 is 23.2 Å². The first kappa shape index (κ1) is 33.5.